The van der Waals surface area contributed by atoms with E-state index in [0.29, 0.717) is 37.6 Å². The Morgan fingerprint density at radius 3 is 2.59 bits per heavy atom. The number of pyridine rings is 1. The highest BCUT2D eigenvalue weighted by Gasteiger charge is 2.47. The summed E-state index contributed by atoms with van der Waals surface area (Å²) in [5, 5.41) is 2.84. The number of carbonyl (C=O) groups excluding carboxylic acids is 2. The third-order valence-electron chi connectivity index (χ3n) is 5.43. The van der Waals surface area contributed by atoms with Crippen molar-refractivity contribution in [2.75, 3.05) is 27.2 Å². The van der Waals surface area contributed by atoms with Gasteiger partial charge in [-0.15, -0.1) is 0 Å². The molecule has 2 aromatic heterocycles. The minimum Gasteiger partial charge on any atom is -0.349 e. The molecule has 8 nitrogen and oxygen atoms in total. The Bertz CT molecular complexity index is 966. The van der Waals surface area contributed by atoms with Crippen molar-refractivity contribution in [2.45, 2.75) is 32.2 Å². The molecule has 0 atom stereocenters. The highest BCUT2D eigenvalue weighted by Crippen LogP contribution is 2.31. The number of aromatic nitrogens is 2. The van der Waals surface area contributed by atoms with Gasteiger partial charge >= 0.3 is 0 Å². The molecule has 1 fully saturated rings. The number of fused-ring (bicyclic) bond motifs is 1. The average Bonchev–Trinajstić information content (AvgIpc) is 3.11. The summed E-state index contributed by atoms with van der Waals surface area (Å²) in [5.41, 5.74) is 2.45. The van der Waals surface area contributed by atoms with Crippen molar-refractivity contribution in [3.63, 3.8) is 0 Å². The molecule has 2 amide bonds. The number of piperidine rings is 1. The number of carbonyl (C=O) groups is 2. The number of likely N-dealkylation sites (tertiary alicyclic amines) is 1. The van der Waals surface area contributed by atoms with Gasteiger partial charge < -0.3 is 9.80 Å². The second kappa shape index (κ2) is 6.07. The molecular formula is C19H24N6O2. The van der Waals surface area contributed by atoms with Gasteiger partial charge in [-0.25, -0.2) is 9.98 Å². The van der Waals surface area contributed by atoms with Crippen LogP contribution in [-0.2, 0) is 4.79 Å². The second-order valence-electron chi connectivity index (χ2n) is 7.59. The van der Waals surface area contributed by atoms with Crippen LogP contribution in [0, 0.1) is 13.8 Å². The summed E-state index contributed by atoms with van der Waals surface area (Å²) in [5.74, 6) is 0.474. The number of guanidine groups is 1. The SMILES string of the molecule is Cc1ccn2c(C(=O)N3CCC4(CC3)N=C(N(C)C)NC4=O)c(C)nc2c1. The number of imidazole rings is 1. The van der Waals surface area contributed by atoms with Crippen molar-refractivity contribution in [3.8, 4) is 0 Å². The van der Waals surface area contributed by atoms with E-state index in [4.69, 9.17) is 0 Å². The molecule has 0 bridgehead atoms. The van der Waals surface area contributed by atoms with E-state index < -0.39 is 5.54 Å². The van der Waals surface area contributed by atoms with Gasteiger partial charge in [0.1, 0.15) is 16.9 Å². The third-order valence-corrected chi connectivity index (χ3v) is 5.43. The number of amides is 2. The van der Waals surface area contributed by atoms with Crippen LogP contribution in [0.3, 0.4) is 0 Å². The van der Waals surface area contributed by atoms with E-state index in [2.05, 4.69) is 15.3 Å². The smallest absolute Gasteiger partial charge is 0.272 e. The quantitative estimate of drug-likeness (QED) is 0.813. The summed E-state index contributed by atoms with van der Waals surface area (Å²) in [7, 11) is 3.71. The molecule has 1 saturated heterocycles. The first-order chi connectivity index (χ1) is 12.8. The molecular weight excluding hydrogens is 344 g/mol. The molecule has 2 aromatic rings. The van der Waals surface area contributed by atoms with E-state index in [1.54, 1.807) is 9.80 Å². The predicted octanol–water partition coefficient (Wildman–Crippen LogP) is 0.973. The first-order valence-electron chi connectivity index (χ1n) is 9.14. The summed E-state index contributed by atoms with van der Waals surface area (Å²) in [6, 6.07) is 3.94. The first-order valence-corrected chi connectivity index (χ1v) is 9.14. The zero-order valence-corrected chi connectivity index (χ0v) is 16.1. The van der Waals surface area contributed by atoms with Crippen LogP contribution in [-0.4, -0.2) is 69.7 Å². The van der Waals surface area contributed by atoms with Gasteiger partial charge in [0.05, 0.1) is 5.69 Å². The van der Waals surface area contributed by atoms with E-state index in [-0.39, 0.29) is 11.8 Å². The van der Waals surface area contributed by atoms with Gasteiger partial charge in [-0.1, -0.05) is 0 Å². The van der Waals surface area contributed by atoms with Crippen LogP contribution >= 0.6 is 0 Å². The van der Waals surface area contributed by atoms with Crippen molar-refractivity contribution in [3.05, 3.63) is 35.3 Å². The maximum Gasteiger partial charge on any atom is 0.272 e. The molecule has 1 spiro atoms. The van der Waals surface area contributed by atoms with Crippen LogP contribution in [0.4, 0.5) is 0 Å². The Hall–Kier alpha value is -2.90. The molecule has 4 rings (SSSR count). The molecule has 8 heteroatoms. The van der Waals surface area contributed by atoms with Gasteiger partial charge in [0.25, 0.3) is 11.8 Å². The highest BCUT2D eigenvalue weighted by atomic mass is 16.2. The summed E-state index contributed by atoms with van der Waals surface area (Å²) >= 11 is 0. The van der Waals surface area contributed by atoms with Crippen LogP contribution < -0.4 is 5.32 Å². The maximum atomic E-state index is 13.2. The lowest BCUT2D eigenvalue weighted by atomic mass is 9.88. The molecule has 0 saturated carbocycles. The van der Waals surface area contributed by atoms with Gasteiger partial charge in [-0.3, -0.25) is 19.3 Å². The fourth-order valence-electron chi connectivity index (χ4n) is 3.80. The normalized spacial score (nSPS) is 18.7. The molecule has 0 radical (unpaired) electrons. The standard InChI is InChI=1S/C19H24N6O2/c1-12-5-8-25-14(11-12)20-13(2)15(25)16(26)24-9-6-19(7-10-24)17(27)21-18(22-19)23(3)4/h5,8,11H,6-7,9-10H2,1-4H3,(H,21,22,27). The molecule has 2 aliphatic heterocycles. The molecule has 0 aromatic carbocycles. The molecule has 1 N–H and O–H groups in total. The zero-order chi connectivity index (χ0) is 19.3. The number of hydrogen-bond acceptors (Lipinski definition) is 5. The van der Waals surface area contributed by atoms with E-state index in [9.17, 15) is 9.59 Å². The number of aliphatic imine (C=N–C) groups is 1. The molecule has 27 heavy (non-hydrogen) atoms. The second-order valence-corrected chi connectivity index (χ2v) is 7.59. The highest BCUT2D eigenvalue weighted by molar-refractivity contribution is 6.07. The third kappa shape index (κ3) is 2.75. The molecule has 4 heterocycles. The average molecular weight is 368 g/mol. The van der Waals surface area contributed by atoms with E-state index in [1.807, 2.05) is 50.7 Å². The fraction of sp³-hybridized carbons (Fsp3) is 0.474. The Kier molecular flexibility index (Phi) is 3.94. The number of nitrogens with one attached hydrogen (secondary N) is 1. The lowest BCUT2D eigenvalue weighted by Gasteiger charge is -2.35. The Balaban J connectivity index is 1.57. The summed E-state index contributed by atoms with van der Waals surface area (Å²) < 4.78 is 1.85. The van der Waals surface area contributed by atoms with E-state index in [0.717, 1.165) is 16.9 Å². The van der Waals surface area contributed by atoms with Gasteiger partial charge in [-0.05, 0) is 44.4 Å². The summed E-state index contributed by atoms with van der Waals surface area (Å²) in [6.07, 6.45) is 2.94. The molecule has 2 aliphatic rings. The monoisotopic (exact) mass is 368 g/mol. The van der Waals surface area contributed by atoms with Gasteiger partial charge in [0.15, 0.2) is 0 Å². The number of hydrogen-bond donors (Lipinski definition) is 1. The van der Waals surface area contributed by atoms with Crippen molar-refractivity contribution in [1.82, 2.24) is 24.5 Å². The predicted molar refractivity (Wildman–Crippen MR) is 102 cm³/mol. The Labute approximate surface area is 157 Å². The number of rotatable bonds is 1. The van der Waals surface area contributed by atoms with E-state index >= 15 is 0 Å². The van der Waals surface area contributed by atoms with Crippen molar-refractivity contribution in [1.29, 1.82) is 0 Å². The van der Waals surface area contributed by atoms with E-state index in [1.165, 1.54) is 0 Å². The topological polar surface area (TPSA) is 82.3 Å². The van der Waals surface area contributed by atoms with Crippen molar-refractivity contribution >= 4 is 23.4 Å². The number of nitrogens with zero attached hydrogens (tertiary/aromatic N) is 5. The number of aryl methyl sites for hydroxylation is 2. The van der Waals surface area contributed by atoms with Crippen LogP contribution in [0.1, 0.15) is 34.6 Å². The Morgan fingerprint density at radius 1 is 1.26 bits per heavy atom. The van der Waals surface area contributed by atoms with Crippen LogP contribution in [0.5, 0.6) is 0 Å². The lowest BCUT2D eigenvalue weighted by molar-refractivity contribution is -0.125. The van der Waals surface area contributed by atoms with Crippen molar-refractivity contribution in [2.24, 2.45) is 4.99 Å². The summed E-state index contributed by atoms with van der Waals surface area (Å²) in [4.78, 5) is 38.4. The zero-order valence-electron chi connectivity index (χ0n) is 16.1. The van der Waals surface area contributed by atoms with Crippen LogP contribution in [0.15, 0.2) is 23.3 Å². The molecule has 0 unspecified atom stereocenters. The van der Waals surface area contributed by atoms with Crippen molar-refractivity contribution < 1.29 is 9.59 Å². The minimum atomic E-state index is -0.748. The maximum absolute atomic E-state index is 13.2. The fourth-order valence-corrected chi connectivity index (χ4v) is 3.80. The minimum absolute atomic E-state index is 0.0473. The first kappa shape index (κ1) is 17.5. The van der Waals surface area contributed by atoms with Gasteiger partial charge in [0, 0.05) is 33.4 Å². The largest absolute Gasteiger partial charge is 0.349 e. The van der Waals surface area contributed by atoms with Crippen LogP contribution in [0.25, 0.3) is 5.65 Å². The molecule has 142 valence electrons. The lowest BCUT2D eigenvalue weighted by Crippen LogP contribution is -2.50. The molecule has 0 aliphatic carbocycles. The summed E-state index contributed by atoms with van der Waals surface area (Å²) in [6.45, 7) is 4.85. The van der Waals surface area contributed by atoms with Gasteiger partial charge in [0.2, 0.25) is 5.96 Å². The Morgan fingerprint density at radius 2 is 1.96 bits per heavy atom. The van der Waals surface area contributed by atoms with Gasteiger partial charge in [-0.2, -0.15) is 0 Å². The van der Waals surface area contributed by atoms with Crippen LogP contribution in [0.2, 0.25) is 0 Å².